The summed E-state index contributed by atoms with van der Waals surface area (Å²) in [6.45, 7) is 5.24. The van der Waals surface area contributed by atoms with E-state index in [0.29, 0.717) is 29.4 Å². The second kappa shape index (κ2) is 7.47. The SMILES string of the molecule is Cc1nccnc1N1CC2(CC(c3nnc4n3-c3ccc(Cl)cc3CN(C3CS(=O)(=O)C3)C4)C2)C1. The van der Waals surface area contributed by atoms with Gasteiger partial charge >= 0.3 is 0 Å². The molecule has 0 bridgehead atoms. The minimum absolute atomic E-state index is 0.0102. The van der Waals surface area contributed by atoms with Crippen molar-refractivity contribution in [3.63, 3.8) is 0 Å². The third kappa shape index (κ3) is 3.48. The largest absolute Gasteiger partial charge is 0.354 e. The summed E-state index contributed by atoms with van der Waals surface area (Å²) in [6.07, 6.45) is 5.65. The Morgan fingerprint density at radius 2 is 1.83 bits per heavy atom. The quantitative estimate of drug-likeness (QED) is 0.529. The van der Waals surface area contributed by atoms with E-state index in [0.717, 1.165) is 60.3 Å². The van der Waals surface area contributed by atoms with E-state index in [-0.39, 0.29) is 17.5 Å². The molecule has 3 aromatic rings. The maximum atomic E-state index is 11.8. The molecular formula is C24H26ClN7O2S. The zero-order valence-electron chi connectivity index (χ0n) is 19.4. The van der Waals surface area contributed by atoms with Crippen molar-refractivity contribution in [2.24, 2.45) is 5.41 Å². The molecule has 0 unspecified atom stereocenters. The van der Waals surface area contributed by atoms with Crippen LogP contribution in [-0.4, -0.2) is 68.7 Å². The molecule has 2 saturated heterocycles. The first-order valence-electron chi connectivity index (χ1n) is 12.0. The Morgan fingerprint density at radius 1 is 1.06 bits per heavy atom. The molecule has 1 aromatic carbocycles. The van der Waals surface area contributed by atoms with Gasteiger partial charge < -0.3 is 4.90 Å². The number of benzene rings is 1. The molecule has 9 nitrogen and oxygen atoms in total. The number of aryl methyl sites for hydroxylation is 1. The summed E-state index contributed by atoms with van der Waals surface area (Å²) in [5, 5.41) is 9.94. The highest BCUT2D eigenvalue weighted by Crippen LogP contribution is 2.56. The lowest BCUT2D eigenvalue weighted by Crippen LogP contribution is -2.62. The van der Waals surface area contributed by atoms with Gasteiger partial charge in [-0.15, -0.1) is 10.2 Å². The lowest BCUT2D eigenvalue weighted by Gasteiger charge is -2.59. The van der Waals surface area contributed by atoms with Gasteiger partial charge in [0.15, 0.2) is 15.7 Å². The van der Waals surface area contributed by atoms with Crippen molar-refractivity contribution >= 4 is 27.3 Å². The Morgan fingerprint density at radius 3 is 2.57 bits per heavy atom. The van der Waals surface area contributed by atoms with Gasteiger partial charge in [-0.05, 0) is 43.5 Å². The van der Waals surface area contributed by atoms with E-state index in [2.05, 4.69) is 34.5 Å². The number of nitrogens with zero attached hydrogens (tertiary/aromatic N) is 7. The standard InChI is InChI=1S/C24H26ClN7O2S/c1-15-22(27-5-4-26-15)31-13-24(14-31)7-17(8-24)23-29-28-21-10-30(19-11-35(33,34)12-19)9-16-6-18(25)2-3-20(16)32(21)23/h2-6,17,19H,7-14H2,1H3. The maximum absolute atomic E-state index is 11.8. The Balaban J connectivity index is 1.15. The van der Waals surface area contributed by atoms with Crippen molar-refractivity contribution in [1.29, 1.82) is 0 Å². The van der Waals surface area contributed by atoms with E-state index in [4.69, 9.17) is 11.6 Å². The van der Waals surface area contributed by atoms with Crippen molar-refractivity contribution in [2.45, 2.75) is 44.8 Å². The van der Waals surface area contributed by atoms with Crippen LogP contribution in [0.1, 0.15) is 41.7 Å². The minimum atomic E-state index is -2.92. The van der Waals surface area contributed by atoms with Gasteiger partial charge in [0, 0.05) is 54.4 Å². The van der Waals surface area contributed by atoms with Crippen LogP contribution >= 0.6 is 11.6 Å². The summed E-state index contributed by atoms with van der Waals surface area (Å²) in [5.74, 6) is 3.62. The first-order valence-corrected chi connectivity index (χ1v) is 14.2. The van der Waals surface area contributed by atoms with Crippen LogP contribution in [-0.2, 0) is 22.9 Å². The molecule has 7 rings (SSSR count). The number of anilines is 1. The van der Waals surface area contributed by atoms with Crippen molar-refractivity contribution < 1.29 is 8.42 Å². The molecule has 182 valence electrons. The van der Waals surface area contributed by atoms with E-state index in [1.807, 2.05) is 25.1 Å². The van der Waals surface area contributed by atoms with E-state index in [1.54, 1.807) is 12.4 Å². The Bertz CT molecular complexity index is 1430. The first kappa shape index (κ1) is 21.7. The fourth-order valence-corrected chi connectivity index (χ4v) is 8.06. The van der Waals surface area contributed by atoms with E-state index < -0.39 is 9.84 Å². The number of hydrogen-bond acceptors (Lipinski definition) is 8. The molecule has 35 heavy (non-hydrogen) atoms. The second-order valence-corrected chi connectivity index (χ2v) is 13.2. The van der Waals surface area contributed by atoms with Gasteiger partial charge in [-0.1, -0.05) is 11.6 Å². The summed E-state index contributed by atoms with van der Waals surface area (Å²) in [4.78, 5) is 13.4. The maximum Gasteiger partial charge on any atom is 0.153 e. The van der Waals surface area contributed by atoms with Crippen LogP contribution in [0.3, 0.4) is 0 Å². The van der Waals surface area contributed by atoms with Crippen LogP contribution in [0.25, 0.3) is 5.69 Å². The molecular weight excluding hydrogens is 486 g/mol. The fourth-order valence-electron chi connectivity index (χ4n) is 6.37. The summed E-state index contributed by atoms with van der Waals surface area (Å²) in [6, 6.07) is 5.96. The fraction of sp³-hybridized carbons (Fsp3) is 0.500. The highest BCUT2D eigenvalue weighted by molar-refractivity contribution is 7.92. The Hall–Kier alpha value is -2.56. The molecule has 11 heteroatoms. The third-order valence-electron chi connectivity index (χ3n) is 8.10. The minimum Gasteiger partial charge on any atom is -0.354 e. The van der Waals surface area contributed by atoms with Gasteiger partial charge in [-0.2, -0.15) is 0 Å². The zero-order valence-corrected chi connectivity index (χ0v) is 21.0. The molecule has 1 spiro atoms. The number of hydrogen-bond donors (Lipinski definition) is 0. The molecule has 0 amide bonds. The molecule has 0 radical (unpaired) electrons. The van der Waals surface area contributed by atoms with Crippen LogP contribution in [0.5, 0.6) is 0 Å². The smallest absolute Gasteiger partial charge is 0.153 e. The molecule has 1 aliphatic carbocycles. The van der Waals surface area contributed by atoms with E-state index >= 15 is 0 Å². The van der Waals surface area contributed by atoms with Crippen molar-refractivity contribution in [3.05, 3.63) is 58.5 Å². The lowest BCUT2D eigenvalue weighted by molar-refractivity contribution is 0.0580. The van der Waals surface area contributed by atoms with Gasteiger partial charge in [0.2, 0.25) is 0 Å². The number of aromatic nitrogens is 5. The molecule has 0 N–H and O–H groups in total. The Labute approximate surface area is 209 Å². The third-order valence-corrected chi connectivity index (χ3v) is 10.1. The zero-order chi connectivity index (χ0) is 23.9. The first-order chi connectivity index (χ1) is 16.8. The lowest BCUT2D eigenvalue weighted by atomic mass is 9.57. The summed E-state index contributed by atoms with van der Waals surface area (Å²) in [5.41, 5.74) is 3.42. The molecule has 0 atom stereocenters. The summed E-state index contributed by atoms with van der Waals surface area (Å²) in [7, 11) is -2.92. The van der Waals surface area contributed by atoms with Crippen LogP contribution < -0.4 is 4.90 Å². The topological polar surface area (TPSA) is 97.1 Å². The molecule has 3 aliphatic heterocycles. The molecule has 4 aliphatic rings. The van der Waals surface area contributed by atoms with Gasteiger partial charge in [-0.25, -0.2) is 13.4 Å². The highest BCUT2D eigenvalue weighted by atomic mass is 35.5. The summed E-state index contributed by atoms with van der Waals surface area (Å²) >= 11 is 6.36. The Kier molecular flexibility index (Phi) is 4.63. The van der Waals surface area contributed by atoms with E-state index in [1.165, 1.54) is 0 Å². The van der Waals surface area contributed by atoms with Gasteiger partial charge in [0.1, 0.15) is 11.6 Å². The molecule has 5 heterocycles. The number of fused-ring (bicyclic) bond motifs is 3. The van der Waals surface area contributed by atoms with Crippen LogP contribution in [0, 0.1) is 12.3 Å². The highest BCUT2D eigenvalue weighted by Gasteiger charge is 2.54. The van der Waals surface area contributed by atoms with Gasteiger partial charge in [-0.3, -0.25) is 14.5 Å². The average Bonchev–Trinajstić information content (AvgIpc) is 3.06. The van der Waals surface area contributed by atoms with Crippen molar-refractivity contribution in [3.8, 4) is 5.69 Å². The van der Waals surface area contributed by atoms with Crippen LogP contribution in [0.15, 0.2) is 30.6 Å². The predicted molar refractivity (Wildman–Crippen MR) is 131 cm³/mol. The van der Waals surface area contributed by atoms with Crippen molar-refractivity contribution in [1.82, 2.24) is 29.6 Å². The average molecular weight is 512 g/mol. The summed E-state index contributed by atoms with van der Waals surface area (Å²) < 4.78 is 25.9. The van der Waals surface area contributed by atoms with Crippen LogP contribution in [0.2, 0.25) is 5.02 Å². The predicted octanol–water partition coefficient (Wildman–Crippen LogP) is 2.52. The van der Waals surface area contributed by atoms with Crippen LogP contribution in [0.4, 0.5) is 5.82 Å². The second-order valence-electron chi connectivity index (χ2n) is 10.6. The number of rotatable bonds is 3. The number of sulfone groups is 1. The molecule has 1 saturated carbocycles. The van der Waals surface area contributed by atoms with E-state index in [9.17, 15) is 8.42 Å². The molecule has 3 fully saturated rings. The monoisotopic (exact) mass is 511 g/mol. The molecule has 2 aromatic heterocycles. The number of halogens is 1. The normalized spacial score (nSPS) is 23.1. The van der Waals surface area contributed by atoms with Gasteiger partial charge in [0.25, 0.3) is 0 Å². The van der Waals surface area contributed by atoms with Gasteiger partial charge in [0.05, 0.1) is 29.4 Å². The van der Waals surface area contributed by atoms with Crippen molar-refractivity contribution in [2.75, 3.05) is 29.5 Å².